The van der Waals surface area contributed by atoms with Crippen LogP contribution in [0, 0.1) is 0 Å². The van der Waals surface area contributed by atoms with Gasteiger partial charge in [0.25, 0.3) is 0 Å². The summed E-state index contributed by atoms with van der Waals surface area (Å²) in [5.41, 5.74) is 4.09. The van der Waals surface area contributed by atoms with Gasteiger partial charge in [-0.1, -0.05) is 69.3 Å². The lowest BCUT2D eigenvalue weighted by molar-refractivity contribution is 0.173. The maximum Gasteiger partial charge on any atom is 0.0787 e. The van der Waals surface area contributed by atoms with Gasteiger partial charge in [-0.25, -0.2) is 0 Å². The van der Waals surface area contributed by atoms with Gasteiger partial charge in [0.15, 0.2) is 0 Å². The molecule has 2 rings (SSSR count). The predicted molar refractivity (Wildman–Crippen MR) is 87.2 cm³/mol. The summed E-state index contributed by atoms with van der Waals surface area (Å²) in [6.45, 7) is 6.16. The van der Waals surface area contributed by atoms with Crippen molar-refractivity contribution in [1.82, 2.24) is 0 Å². The monoisotopic (exact) mass is 284 g/mol. The van der Waals surface area contributed by atoms with Crippen LogP contribution in [0.15, 0.2) is 48.5 Å². The highest BCUT2D eigenvalue weighted by Crippen LogP contribution is 2.28. The molecule has 0 saturated heterocycles. The third kappa shape index (κ3) is 3.52. The van der Waals surface area contributed by atoms with E-state index in [-0.39, 0.29) is 12.0 Å². The number of hydrogen-bond donors (Lipinski definition) is 2. The van der Waals surface area contributed by atoms with Crippen LogP contribution in [0.5, 0.6) is 0 Å². The molecule has 2 N–H and O–H groups in total. The average Bonchev–Trinajstić information content (AvgIpc) is 2.54. The fourth-order valence-corrected chi connectivity index (χ4v) is 2.34. The highest BCUT2D eigenvalue weighted by Gasteiger charge is 2.19. The Kier molecular flexibility index (Phi) is 4.81. The van der Waals surface area contributed by atoms with Gasteiger partial charge in [0.2, 0.25) is 0 Å². The van der Waals surface area contributed by atoms with E-state index in [2.05, 4.69) is 18.2 Å². The summed E-state index contributed by atoms with van der Waals surface area (Å²) in [6.07, 6.45) is 0.332. The summed E-state index contributed by atoms with van der Waals surface area (Å²) >= 11 is 0. The molecule has 2 aromatic carbocycles. The van der Waals surface area contributed by atoms with Crippen LogP contribution in [0.2, 0.25) is 0 Å². The molecule has 0 aliphatic carbocycles. The molecule has 2 nitrogen and oxygen atoms in total. The Hall–Kier alpha value is -1.64. The van der Waals surface area contributed by atoms with E-state index in [4.69, 9.17) is 0 Å². The summed E-state index contributed by atoms with van der Waals surface area (Å²) in [7, 11) is 0. The second kappa shape index (κ2) is 6.42. The first-order valence-electron chi connectivity index (χ1n) is 7.47. The summed E-state index contributed by atoms with van der Waals surface area (Å²) in [5, 5.41) is 19.4. The second-order valence-electron chi connectivity index (χ2n) is 6.17. The van der Waals surface area contributed by atoms with Crippen LogP contribution in [0.4, 0.5) is 0 Å². The molecule has 0 bridgehead atoms. The number of aliphatic hydroxyl groups excluding tert-OH is 2. The third-order valence-corrected chi connectivity index (χ3v) is 4.05. The summed E-state index contributed by atoms with van der Waals surface area (Å²) in [4.78, 5) is 0. The Morgan fingerprint density at radius 3 is 2.24 bits per heavy atom. The van der Waals surface area contributed by atoms with Crippen molar-refractivity contribution in [2.45, 2.75) is 38.7 Å². The van der Waals surface area contributed by atoms with E-state index in [1.165, 1.54) is 0 Å². The van der Waals surface area contributed by atoms with E-state index in [0.29, 0.717) is 0 Å². The molecular weight excluding hydrogens is 260 g/mol. The quantitative estimate of drug-likeness (QED) is 0.869. The molecule has 0 fully saturated rings. The Bertz CT molecular complexity index is 585. The molecule has 0 radical (unpaired) electrons. The first-order chi connectivity index (χ1) is 9.97. The van der Waals surface area contributed by atoms with Crippen LogP contribution in [0.3, 0.4) is 0 Å². The Labute approximate surface area is 127 Å². The third-order valence-electron chi connectivity index (χ3n) is 4.05. The van der Waals surface area contributed by atoms with Crippen molar-refractivity contribution in [2.75, 3.05) is 6.61 Å². The zero-order chi connectivity index (χ0) is 15.5. The van der Waals surface area contributed by atoms with Gasteiger partial charge in [0.05, 0.1) is 12.7 Å². The molecule has 112 valence electrons. The molecule has 0 amide bonds. The molecule has 0 aliphatic heterocycles. The number of aliphatic hydroxyl groups is 2. The van der Waals surface area contributed by atoms with E-state index in [1.807, 2.05) is 51.1 Å². The zero-order valence-electron chi connectivity index (χ0n) is 13.0. The largest absolute Gasteiger partial charge is 0.395 e. The van der Waals surface area contributed by atoms with Crippen molar-refractivity contribution in [3.05, 3.63) is 59.7 Å². The SMILES string of the molecule is CCC(O)c1ccc(-c2cccc(C(C)(C)CO)c2)cc1. The van der Waals surface area contributed by atoms with Gasteiger partial charge >= 0.3 is 0 Å². The van der Waals surface area contributed by atoms with Gasteiger partial charge in [-0.3, -0.25) is 0 Å². The van der Waals surface area contributed by atoms with Gasteiger partial charge in [0, 0.05) is 5.41 Å². The maximum atomic E-state index is 9.85. The van der Waals surface area contributed by atoms with Crippen LogP contribution in [-0.4, -0.2) is 16.8 Å². The summed E-state index contributed by atoms with van der Waals surface area (Å²) in [6, 6.07) is 16.3. The van der Waals surface area contributed by atoms with Crippen molar-refractivity contribution in [3.8, 4) is 11.1 Å². The fourth-order valence-electron chi connectivity index (χ4n) is 2.34. The Morgan fingerprint density at radius 2 is 1.67 bits per heavy atom. The topological polar surface area (TPSA) is 40.5 Å². The van der Waals surface area contributed by atoms with E-state index in [9.17, 15) is 10.2 Å². The molecule has 0 aliphatic rings. The first kappa shape index (κ1) is 15.7. The van der Waals surface area contributed by atoms with Crippen LogP contribution < -0.4 is 0 Å². The van der Waals surface area contributed by atoms with Crippen LogP contribution in [-0.2, 0) is 5.41 Å². The molecule has 1 unspecified atom stereocenters. The molecular formula is C19H24O2. The van der Waals surface area contributed by atoms with Crippen LogP contribution >= 0.6 is 0 Å². The maximum absolute atomic E-state index is 9.85. The molecule has 2 aromatic rings. The molecule has 0 spiro atoms. The smallest absolute Gasteiger partial charge is 0.0787 e. The van der Waals surface area contributed by atoms with Crippen molar-refractivity contribution >= 4 is 0 Å². The zero-order valence-corrected chi connectivity index (χ0v) is 13.0. The minimum Gasteiger partial charge on any atom is -0.395 e. The van der Waals surface area contributed by atoms with Gasteiger partial charge < -0.3 is 10.2 Å². The van der Waals surface area contributed by atoms with Crippen LogP contribution in [0.25, 0.3) is 11.1 Å². The molecule has 2 heteroatoms. The van der Waals surface area contributed by atoms with Crippen molar-refractivity contribution in [2.24, 2.45) is 0 Å². The van der Waals surface area contributed by atoms with E-state index in [1.54, 1.807) is 0 Å². The highest BCUT2D eigenvalue weighted by molar-refractivity contribution is 5.65. The lowest BCUT2D eigenvalue weighted by Crippen LogP contribution is -2.21. The molecule has 0 heterocycles. The Balaban J connectivity index is 2.32. The lowest BCUT2D eigenvalue weighted by Gasteiger charge is -2.23. The minimum absolute atomic E-state index is 0.123. The predicted octanol–water partition coefficient (Wildman–Crippen LogP) is 4.07. The van der Waals surface area contributed by atoms with Gasteiger partial charge in [-0.15, -0.1) is 0 Å². The molecule has 1 atom stereocenters. The van der Waals surface area contributed by atoms with E-state index in [0.717, 1.165) is 28.7 Å². The highest BCUT2D eigenvalue weighted by atomic mass is 16.3. The number of benzene rings is 2. The summed E-state index contributed by atoms with van der Waals surface area (Å²) in [5.74, 6) is 0. The second-order valence-corrected chi connectivity index (χ2v) is 6.17. The van der Waals surface area contributed by atoms with Crippen molar-refractivity contribution in [3.63, 3.8) is 0 Å². The molecule has 0 aromatic heterocycles. The normalized spacial score (nSPS) is 13.2. The number of hydrogen-bond acceptors (Lipinski definition) is 2. The average molecular weight is 284 g/mol. The van der Waals surface area contributed by atoms with Gasteiger partial charge in [-0.05, 0) is 28.7 Å². The number of rotatable bonds is 5. The van der Waals surface area contributed by atoms with Gasteiger partial charge in [0.1, 0.15) is 0 Å². The minimum atomic E-state index is -0.390. The van der Waals surface area contributed by atoms with E-state index >= 15 is 0 Å². The summed E-state index contributed by atoms with van der Waals surface area (Å²) < 4.78 is 0. The van der Waals surface area contributed by atoms with Gasteiger partial charge in [-0.2, -0.15) is 0 Å². The standard InChI is InChI=1S/C19H24O2/c1-4-18(21)15-10-8-14(9-11-15)16-6-5-7-17(12-16)19(2,3)13-20/h5-12,18,20-21H,4,13H2,1-3H3. The first-order valence-corrected chi connectivity index (χ1v) is 7.47. The Morgan fingerprint density at radius 1 is 1.00 bits per heavy atom. The fraction of sp³-hybridized carbons (Fsp3) is 0.368. The van der Waals surface area contributed by atoms with Crippen molar-refractivity contribution in [1.29, 1.82) is 0 Å². The van der Waals surface area contributed by atoms with E-state index < -0.39 is 6.10 Å². The lowest BCUT2D eigenvalue weighted by atomic mass is 9.84. The van der Waals surface area contributed by atoms with Crippen molar-refractivity contribution < 1.29 is 10.2 Å². The van der Waals surface area contributed by atoms with Crippen LogP contribution in [0.1, 0.15) is 44.4 Å². The molecule has 0 saturated carbocycles. The molecule has 21 heavy (non-hydrogen) atoms.